The Morgan fingerprint density at radius 2 is 1.90 bits per heavy atom. The quantitative estimate of drug-likeness (QED) is 0.430. The maximum absolute atomic E-state index is 14.4. The predicted molar refractivity (Wildman–Crippen MR) is 145 cm³/mol. The molecule has 2 heterocycles. The standard InChI is InChI=1S/C28H33F2N7O2/c1-5-28(3,4)33-13-17-20(31)9-10-22(25(17)36-14-16(2)21(32)15-36)34-27(39)23-11-12-24(38)37(35-23)26-18(29)7-6-8-19(26)30/h6-13,16,21,31,33H,5,14-15,32H2,1-4H3,(H,34,39)/b17-13+,31-20?/t16-,21-/m0/s1. The van der Waals surface area contributed by atoms with Crippen molar-refractivity contribution in [1.82, 2.24) is 25.3 Å². The zero-order valence-electron chi connectivity index (χ0n) is 22.4. The van der Waals surface area contributed by atoms with Crippen molar-refractivity contribution in [3.63, 3.8) is 0 Å². The summed E-state index contributed by atoms with van der Waals surface area (Å²) in [6.07, 6.45) is 5.83. The molecule has 1 aromatic heterocycles. The van der Waals surface area contributed by atoms with E-state index >= 15 is 0 Å². The topological polar surface area (TPSA) is 129 Å². The molecule has 1 aliphatic heterocycles. The average Bonchev–Trinajstić information content (AvgIpc) is 3.22. The molecule has 39 heavy (non-hydrogen) atoms. The monoisotopic (exact) mass is 537 g/mol. The van der Waals surface area contributed by atoms with E-state index in [0.29, 0.717) is 34.7 Å². The van der Waals surface area contributed by atoms with Crippen LogP contribution in [0.2, 0.25) is 0 Å². The summed E-state index contributed by atoms with van der Waals surface area (Å²) >= 11 is 0. The number of allylic oxidation sites excluding steroid dienone is 3. The molecular weight excluding hydrogens is 504 g/mol. The number of hydrogen-bond acceptors (Lipinski definition) is 7. The third-order valence-corrected chi connectivity index (χ3v) is 7.13. The molecule has 1 fully saturated rings. The van der Waals surface area contributed by atoms with Gasteiger partial charge in [-0.05, 0) is 56.5 Å². The van der Waals surface area contributed by atoms with Gasteiger partial charge < -0.3 is 26.7 Å². The van der Waals surface area contributed by atoms with Crippen LogP contribution in [-0.2, 0) is 0 Å². The molecule has 1 aliphatic carbocycles. The van der Waals surface area contributed by atoms with Crippen molar-refractivity contribution in [3.8, 4) is 5.69 Å². The lowest BCUT2D eigenvalue weighted by atomic mass is 9.97. The van der Waals surface area contributed by atoms with Crippen LogP contribution in [0.1, 0.15) is 44.6 Å². The number of hydrogen-bond donors (Lipinski definition) is 4. The molecule has 0 radical (unpaired) electrons. The number of carbonyl (C=O) groups excluding carboxylic acids is 1. The molecule has 5 N–H and O–H groups in total. The van der Waals surface area contributed by atoms with E-state index in [1.807, 2.05) is 25.7 Å². The fourth-order valence-electron chi connectivity index (χ4n) is 4.31. The first-order valence-electron chi connectivity index (χ1n) is 12.8. The van der Waals surface area contributed by atoms with E-state index in [1.165, 1.54) is 12.1 Å². The summed E-state index contributed by atoms with van der Waals surface area (Å²) in [7, 11) is 0. The number of benzene rings is 1. The number of aromatic nitrogens is 2. The fourth-order valence-corrected chi connectivity index (χ4v) is 4.31. The van der Waals surface area contributed by atoms with E-state index in [4.69, 9.17) is 11.1 Å². The number of amides is 1. The lowest BCUT2D eigenvalue weighted by Crippen LogP contribution is -2.38. The Kier molecular flexibility index (Phi) is 7.82. The van der Waals surface area contributed by atoms with Gasteiger partial charge in [0.2, 0.25) is 0 Å². The Balaban J connectivity index is 1.75. The van der Waals surface area contributed by atoms with E-state index in [2.05, 4.69) is 22.7 Å². The molecule has 206 valence electrons. The van der Waals surface area contributed by atoms with Crippen molar-refractivity contribution in [3.05, 3.63) is 93.3 Å². The Hall–Kier alpha value is -4.12. The molecule has 0 unspecified atom stereocenters. The SMILES string of the molecule is CCC(C)(C)N/C=C1\C(=N)C=CC(NC(=O)c2ccc(=O)n(-c3c(F)cccc3F)n2)=C1N1C[C@H](C)[C@@H](N)C1. The molecule has 4 rings (SSSR count). The van der Waals surface area contributed by atoms with E-state index in [1.54, 1.807) is 18.4 Å². The molecular formula is C28H33F2N7O2. The van der Waals surface area contributed by atoms with Crippen molar-refractivity contribution in [2.24, 2.45) is 11.7 Å². The molecule has 2 aliphatic rings. The highest BCUT2D eigenvalue weighted by Crippen LogP contribution is 2.30. The second-order valence-corrected chi connectivity index (χ2v) is 10.5. The van der Waals surface area contributed by atoms with Crippen LogP contribution in [0, 0.1) is 23.0 Å². The highest BCUT2D eigenvalue weighted by atomic mass is 19.1. The Labute approximate surface area is 225 Å². The van der Waals surface area contributed by atoms with Crippen LogP contribution in [0.4, 0.5) is 8.78 Å². The summed E-state index contributed by atoms with van der Waals surface area (Å²) in [5, 5.41) is 18.8. The van der Waals surface area contributed by atoms with Gasteiger partial charge in [-0.3, -0.25) is 9.59 Å². The Morgan fingerprint density at radius 3 is 2.51 bits per heavy atom. The minimum Gasteiger partial charge on any atom is -0.385 e. The fraction of sp³-hybridized carbons (Fsp3) is 0.357. The lowest BCUT2D eigenvalue weighted by Gasteiger charge is -2.31. The number of rotatable bonds is 7. The van der Waals surface area contributed by atoms with Gasteiger partial charge in [-0.2, -0.15) is 9.78 Å². The molecule has 0 spiro atoms. The number of nitrogens with two attached hydrogens (primary N) is 1. The van der Waals surface area contributed by atoms with Crippen molar-refractivity contribution in [1.29, 1.82) is 5.41 Å². The zero-order valence-corrected chi connectivity index (χ0v) is 22.4. The molecule has 0 saturated carbocycles. The number of para-hydroxylation sites is 1. The second-order valence-electron chi connectivity index (χ2n) is 10.5. The average molecular weight is 538 g/mol. The van der Waals surface area contributed by atoms with Gasteiger partial charge in [0.1, 0.15) is 11.4 Å². The first-order chi connectivity index (χ1) is 18.4. The normalized spacial score (nSPS) is 20.6. The molecule has 1 aromatic carbocycles. The maximum Gasteiger partial charge on any atom is 0.276 e. The maximum atomic E-state index is 14.4. The van der Waals surface area contributed by atoms with Crippen LogP contribution in [-0.4, -0.2) is 51.0 Å². The van der Waals surface area contributed by atoms with Gasteiger partial charge in [-0.25, -0.2) is 8.78 Å². The minimum absolute atomic E-state index is 0.0864. The second kappa shape index (κ2) is 10.9. The number of carbonyl (C=O) groups is 1. The molecule has 0 bridgehead atoms. The molecule has 11 heteroatoms. The highest BCUT2D eigenvalue weighted by Gasteiger charge is 2.33. The van der Waals surface area contributed by atoms with E-state index < -0.39 is 28.8 Å². The molecule has 2 aromatic rings. The van der Waals surface area contributed by atoms with Crippen LogP contribution in [0.15, 0.2) is 70.4 Å². The Bertz CT molecular complexity index is 1430. The van der Waals surface area contributed by atoms with Crippen molar-refractivity contribution in [2.45, 2.75) is 45.7 Å². The molecule has 1 amide bonds. The number of nitrogens with zero attached hydrogens (tertiary/aromatic N) is 3. The van der Waals surface area contributed by atoms with Crippen LogP contribution in [0.3, 0.4) is 0 Å². The number of halogens is 2. The van der Waals surface area contributed by atoms with Gasteiger partial charge in [-0.1, -0.05) is 19.9 Å². The largest absolute Gasteiger partial charge is 0.385 e. The first-order valence-corrected chi connectivity index (χ1v) is 12.8. The van der Waals surface area contributed by atoms with Gasteiger partial charge in [0.15, 0.2) is 11.6 Å². The van der Waals surface area contributed by atoms with Crippen LogP contribution >= 0.6 is 0 Å². The van der Waals surface area contributed by atoms with Gasteiger partial charge in [0.05, 0.1) is 17.1 Å². The summed E-state index contributed by atoms with van der Waals surface area (Å²) in [6, 6.07) is 5.31. The lowest BCUT2D eigenvalue weighted by molar-refractivity contribution is 0.0959. The van der Waals surface area contributed by atoms with Crippen LogP contribution < -0.4 is 21.9 Å². The highest BCUT2D eigenvalue weighted by molar-refractivity contribution is 6.11. The van der Waals surface area contributed by atoms with Crippen LogP contribution in [0.5, 0.6) is 0 Å². The van der Waals surface area contributed by atoms with Crippen molar-refractivity contribution < 1.29 is 13.6 Å². The van der Waals surface area contributed by atoms with Crippen molar-refractivity contribution >= 4 is 11.6 Å². The molecule has 9 nitrogen and oxygen atoms in total. The van der Waals surface area contributed by atoms with Gasteiger partial charge >= 0.3 is 0 Å². The van der Waals surface area contributed by atoms with Gasteiger partial charge in [0.25, 0.3) is 11.5 Å². The molecule has 1 saturated heterocycles. The van der Waals surface area contributed by atoms with Gasteiger partial charge in [0, 0.05) is 42.5 Å². The van der Waals surface area contributed by atoms with Crippen LogP contribution in [0.25, 0.3) is 5.69 Å². The first kappa shape index (κ1) is 27.9. The third kappa shape index (κ3) is 5.83. The zero-order chi connectivity index (χ0) is 28.5. The summed E-state index contributed by atoms with van der Waals surface area (Å²) in [5.41, 5.74) is 6.28. The van der Waals surface area contributed by atoms with Gasteiger partial charge in [-0.15, -0.1) is 0 Å². The van der Waals surface area contributed by atoms with Crippen molar-refractivity contribution in [2.75, 3.05) is 13.1 Å². The Morgan fingerprint density at radius 1 is 1.21 bits per heavy atom. The summed E-state index contributed by atoms with van der Waals surface area (Å²) in [5.74, 6) is -2.48. The summed E-state index contributed by atoms with van der Waals surface area (Å²) in [4.78, 5) is 27.8. The minimum atomic E-state index is -0.988. The third-order valence-electron chi connectivity index (χ3n) is 7.13. The summed E-state index contributed by atoms with van der Waals surface area (Å²) in [6.45, 7) is 9.35. The number of nitrogens with one attached hydrogen (secondary N) is 3. The van der Waals surface area contributed by atoms with E-state index in [-0.39, 0.29) is 28.9 Å². The van der Waals surface area contributed by atoms with E-state index in [9.17, 15) is 18.4 Å². The molecule has 2 atom stereocenters. The smallest absolute Gasteiger partial charge is 0.276 e. The summed E-state index contributed by atoms with van der Waals surface area (Å²) < 4.78 is 29.3. The van der Waals surface area contributed by atoms with E-state index in [0.717, 1.165) is 24.6 Å². The number of likely N-dealkylation sites (tertiary alicyclic amines) is 1. The predicted octanol–water partition coefficient (Wildman–Crippen LogP) is 2.98.